The monoisotopic (exact) mass is 221 g/mol. The summed E-state index contributed by atoms with van der Waals surface area (Å²) in [5, 5.41) is 0. The van der Waals surface area contributed by atoms with E-state index in [1.165, 1.54) is 11.1 Å². The van der Waals surface area contributed by atoms with Gasteiger partial charge in [0.2, 0.25) is 0 Å². The molecule has 2 nitrogen and oxygen atoms in total. The molecule has 0 bridgehead atoms. The Bertz CT molecular complexity index is 332. The minimum Gasteiger partial charge on any atom is -0.397 e. The van der Waals surface area contributed by atoms with Crippen molar-refractivity contribution in [2.24, 2.45) is 0 Å². The van der Waals surface area contributed by atoms with Crippen LogP contribution in [0.2, 0.25) is 0 Å². The topological polar surface area (TPSA) is 18.5 Å². The third-order valence-electron chi connectivity index (χ3n) is 2.27. The predicted molar refractivity (Wildman–Crippen MR) is 64.6 cm³/mol. The SMILES string of the molecule is C=C(C)c1ccccc1C[Si](OC)OC. The lowest BCUT2D eigenvalue weighted by molar-refractivity contribution is 0.277. The van der Waals surface area contributed by atoms with Gasteiger partial charge in [-0.05, 0) is 18.1 Å². The predicted octanol–water partition coefficient (Wildman–Crippen LogP) is 2.58. The molecule has 0 atom stereocenters. The fourth-order valence-corrected chi connectivity index (χ4v) is 2.55. The average Bonchev–Trinajstić information content (AvgIpc) is 2.26. The first-order chi connectivity index (χ1) is 7.19. The van der Waals surface area contributed by atoms with E-state index in [1.807, 2.05) is 19.1 Å². The lowest BCUT2D eigenvalue weighted by atomic mass is 10.0. The summed E-state index contributed by atoms with van der Waals surface area (Å²) in [4.78, 5) is 0. The zero-order valence-electron chi connectivity index (χ0n) is 9.54. The Kier molecular flexibility index (Phi) is 4.75. The molecule has 0 saturated carbocycles. The second-order valence-corrected chi connectivity index (χ2v) is 5.31. The molecule has 0 unspecified atom stereocenters. The molecule has 0 heterocycles. The maximum Gasteiger partial charge on any atom is 0.388 e. The lowest BCUT2D eigenvalue weighted by Gasteiger charge is -2.12. The molecule has 0 saturated heterocycles. The lowest BCUT2D eigenvalue weighted by Crippen LogP contribution is -2.23. The minimum absolute atomic E-state index is 0.848. The second-order valence-electron chi connectivity index (χ2n) is 3.39. The summed E-state index contributed by atoms with van der Waals surface area (Å²) in [6.45, 7) is 5.99. The van der Waals surface area contributed by atoms with Gasteiger partial charge in [0, 0.05) is 20.3 Å². The molecule has 0 aromatic heterocycles. The molecule has 3 heteroatoms. The highest BCUT2D eigenvalue weighted by Gasteiger charge is 2.15. The zero-order chi connectivity index (χ0) is 11.3. The van der Waals surface area contributed by atoms with E-state index in [4.69, 9.17) is 8.85 Å². The van der Waals surface area contributed by atoms with Crippen molar-refractivity contribution in [2.75, 3.05) is 14.2 Å². The normalized spacial score (nSPS) is 10.7. The standard InChI is InChI=1S/C12H17O2Si/c1-10(2)12-8-6-5-7-11(12)9-15(13-3)14-4/h5-8H,1,9H2,2-4H3. The van der Waals surface area contributed by atoms with Gasteiger partial charge >= 0.3 is 9.28 Å². The molecule has 1 aromatic rings. The third-order valence-corrected chi connectivity index (χ3v) is 3.85. The Morgan fingerprint density at radius 3 is 2.40 bits per heavy atom. The van der Waals surface area contributed by atoms with Crippen LogP contribution >= 0.6 is 0 Å². The number of benzene rings is 1. The van der Waals surface area contributed by atoms with Crippen LogP contribution in [0.1, 0.15) is 18.1 Å². The van der Waals surface area contributed by atoms with Crippen molar-refractivity contribution in [1.82, 2.24) is 0 Å². The highest BCUT2D eigenvalue weighted by molar-refractivity contribution is 6.43. The molecule has 0 aliphatic carbocycles. The van der Waals surface area contributed by atoms with Gasteiger partial charge in [-0.25, -0.2) is 0 Å². The minimum atomic E-state index is -1.17. The van der Waals surface area contributed by atoms with Crippen molar-refractivity contribution in [3.8, 4) is 0 Å². The van der Waals surface area contributed by atoms with E-state index >= 15 is 0 Å². The highest BCUT2D eigenvalue weighted by atomic mass is 28.3. The summed E-state index contributed by atoms with van der Waals surface area (Å²) in [5.41, 5.74) is 3.54. The van der Waals surface area contributed by atoms with Crippen LogP contribution in [0.3, 0.4) is 0 Å². The molecule has 0 aliphatic heterocycles. The quantitative estimate of drug-likeness (QED) is 0.712. The first kappa shape index (κ1) is 12.2. The molecule has 81 valence electrons. The molecule has 0 amide bonds. The Morgan fingerprint density at radius 1 is 1.27 bits per heavy atom. The average molecular weight is 221 g/mol. The smallest absolute Gasteiger partial charge is 0.388 e. The van der Waals surface area contributed by atoms with Gasteiger partial charge in [-0.2, -0.15) is 0 Å². The van der Waals surface area contributed by atoms with Crippen LogP contribution in [0.4, 0.5) is 0 Å². The molecule has 15 heavy (non-hydrogen) atoms. The fraction of sp³-hybridized carbons (Fsp3) is 0.333. The van der Waals surface area contributed by atoms with Gasteiger partial charge in [0.1, 0.15) is 0 Å². The van der Waals surface area contributed by atoms with Crippen LogP contribution in [0.25, 0.3) is 5.57 Å². The molecule has 0 spiro atoms. The van der Waals surface area contributed by atoms with Crippen molar-refractivity contribution < 1.29 is 8.85 Å². The molecule has 0 fully saturated rings. The van der Waals surface area contributed by atoms with Crippen molar-refractivity contribution in [2.45, 2.75) is 13.0 Å². The summed E-state index contributed by atoms with van der Waals surface area (Å²) < 4.78 is 10.6. The van der Waals surface area contributed by atoms with E-state index in [9.17, 15) is 0 Å². The van der Waals surface area contributed by atoms with Crippen molar-refractivity contribution in [3.63, 3.8) is 0 Å². The first-order valence-electron chi connectivity index (χ1n) is 4.86. The molecular formula is C12H17O2Si. The molecule has 0 aliphatic rings. The first-order valence-corrected chi connectivity index (χ1v) is 6.39. The second kappa shape index (κ2) is 5.85. The van der Waals surface area contributed by atoms with E-state index < -0.39 is 9.28 Å². The maximum absolute atomic E-state index is 5.29. The summed E-state index contributed by atoms with van der Waals surface area (Å²) >= 11 is 0. The van der Waals surface area contributed by atoms with E-state index in [0.29, 0.717) is 0 Å². The Hall–Kier alpha value is -0.903. The van der Waals surface area contributed by atoms with E-state index in [-0.39, 0.29) is 0 Å². The van der Waals surface area contributed by atoms with Gasteiger partial charge < -0.3 is 8.85 Å². The van der Waals surface area contributed by atoms with Crippen molar-refractivity contribution >= 4 is 14.9 Å². The van der Waals surface area contributed by atoms with E-state index in [1.54, 1.807) is 14.2 Å². The maximum atomic E-state index is 5.29. The van der Waals surface area contributed by atoms with Crippen LogP contribution in [0, 0.1) is 0 Å². The van der Waals surface area contributed by atoms with Crippen LogP contribution in [-0.2, 0) is 14.9 Å². The fourth-order valence-electron chi connectivity index (χ4n) is 1.47. The largest absolute Gasteiger partial charge is 0.397 e. The van der Waals surface area contributed by atoms with Crippen LogP contribution in [0.15, 0.2) is 30.8 Å². The zero-order valence-corrected chi connectivity index (χ0v) is 10.5. The Labute approximate surface area is 93.4 Å². The van der Waals surface area contributed by atoms with Gasteiger partial charge in [-0.3, -0.25) is 0 Å². The van der Waals surface area contributed by atoms with Crippen molar-refractivity contribution in [1.29, 1.82) is 0 Å². The number of hydrogen-bond donors (Lipinski definition) is 0. The van der Waals surface area contributed by atoms with Gasteiger partial charge in [0.05, 0.1) is 0 Å². The van der Waals surface area contributed by atoms with Gasteiger partial charge in [-0.1, -0.05) is 36.4 Å². The molecular weight excluding hydrogens is 204 g/mol. The summed E-state index contributed by atoms with van der Waals surface area (Å²) in [6.07, 6.45) is 0. The number of allylic oxidation sites excluding steroid dienone is 1. The van der Waals surface area contributed by atoms with Crippen LogP contribution in [0.5, 0.6) is 0 Å². The number of rotatable bonds is 5. The van der Waals surface area contributed by atoms with Gasteiger partial charge in [0.25, 0.3) is 0 Å². The highest BCUT2D eigenvalue weighted by Crippen LogP contribution is 2.18. The van der Waals surface area contributed by atoms with Gasteiger partial charge in [-0.15, -0.1) is 0 Å². The number of hydrogen-bond acceptors (Lipinski definition) is 2. The summed E-state index contributed by atoms with van der Waals surface area (Å²) in [5.74, 6) is 0. The third kappa shape index (κ3) is 3.30. The molecule has 0 N–H and O–H groups in total. The van der Waals surface area contributed by atoms with Crippen LogP contribution < -0.4 is 0 Å². The van der Waals surface area contributed by atoms with Gasteiger partial charge in [0.15, 0.2) is 0 Å². The Morgan fingerprint density at radius 2 is 1.87 bits per heavy atom. The molecule has 1 radical (unpaired) electrons. The van der Waals surface area contributed by atoms with E-state index in [0.717, 1.165) is 11.6 Å². The summed E-state index contributed by atoms with van der Waals surface area (Å²) in [6, 6.07) is 9.10. The van der Waals surface area contributed by atoms with Crippen LogP contribution in [-0.4, -0.2) is 23.5 Å². The van der Waals surface area contributed by atoms with E-state index in [2.05, 4.69) is 18.7 Å². The summed E-state index contributed by atoms with van der Waals surface area (Å²) in [7, 11) is 2.22. The molecule has 1 aromatic carbocycles. The molecule has 1 rings (SSSR count). The Balaban J connectivity index is 2.88. The van der Waals surface area contributed by atoms with Crippen molar-refractivity contribution in [3.05, 3.63) is 42.0 Å².